The average Bonchev–Trinajstić information content (AvgIpc) is 1.55. The summed E-state index contributed by atoms with van der Waals surface area (Å²) < 4.78 is 50.2. The smallest absolute Gasteiger partial charge is 0.248 e. The van der Waals surface area contributed by atoms with Crippen molar-refractivity contribution in [3.05, 3.63) is 331 Å². The van der Waals surface area contributed by atoms with E-state index in [2.05, 4.69) is 305 Å². The molecule has 12 heteroatoms. The summed E-state index contributed by atoms with van der Waals surface area (Å²) in [5.74, 6) is 6.37. The Morgan fingerprint density at radius 2 is 0.396 bits per heavy atom. The van der Waals surface area contributed by atoms with Crippen LogP contribution in [0.5, 0.6) is 34.5 Å². The van der Waals surface area contributed by atoms with Gasteiger partial charge in [0.1, 0.15) is 11.5 Å². The minimum atomic E-state index is 0.481. The van der Waals surface area contributed by atoms with Crippen molar-refractivity contribution in [1.82, 2.24) is 20.4 Å². The standard InChI is InChI=1S/C122H134N4O8/c1-9-13-17-21-25-29-81-129-113-89-115(127-7)117(131-83-31-27-23-19-15-11-3)87-111(113)79-65-99-51-47-97(48-52-99)63-77-109-85-107(75-61-95-43-37-93(38-44-95)41-55-101-57-71-105(72-58-101)121-125-123-119(133-121)103-67-33-91(5)34-68-103)108(76-62-96-45-39-94(40-46-96)42-56-102-59-73-106(74-60-102)122-126-124-120(134-122)104-69-35-92(6)36-70-104)86-110(109)78-64-98-49-53-100(54-50-98)66-80-112-88-118(132-84-32-28-24-20-16-12-4)116(128-8)90-114(112)130-82-30-26-22-18-14-10-2/h33-80,85-90H,9-32,81-84H2,1-8H3/b55-41-,56-42+,75-61+,76-62+,77-63+,78-64+,79-65+,80-66-. The van der Waals surface area contributed by atoms with E-state index in [1.807, 2.05) is 84.9 Å². The summed E-state index contributed by atoms with van der Waals surface area (Å²) in [6.45, 7) is 15.7. The first-order valence-corrected chi connectivity index (χ1v) is 49.0. The van der Waals surface area contributed by atoms with Crippen molar-refractivity contribution >= 4 is 97.2 Å². The Kier molecular flexibility index (Phi) is 39.3. The highest BCUT2D eigenvalue weighted by atomic mass is 16.5. The monoisotopic (exact) mass is 1780 g/mol. The Balaban J connectivity index is 0.803. The van der Waals surface area contributed by atoms with Crippen LogP contribution in [0.1, 0.15) is 282 Å². The van der Waals surface area contributed by atoms with E-state index in [-0.39, 0.29) is 0 Å². The summed E-state index contributed by atoms with van der Waals surface area (Å²) in [6, 6.07) is 80.2. The lowest BCUT2D eigenvalue weighted by Gasteiger charge is -2.16. The molecule has 0 saturated heterocycles. The first-order chi connectivity index (χ1) is 65.9. The van der Waals surface area contributed by atoms with Crippen LogP contribution in [0.3, 0.4) is 0 Å². The zero-order valence-corrected chi connectivity index (χ0v) is 80.0. The maximum absolute atomic E-state index is 6.58. The molecule has 2 aromatic heterocycles. The number of methoxy groups -OCH3 is 2. The Morgan fingerprint density at radius 3 is 0.627 bits per heavy atom. The van der Waals surface area contributed by atoms with Crippen LogP contribution in [0.15, 0.2) is 239 Å². The Hall–Kier alpha value is -13.6. The lowest BCUT2D eigenvalue weighted by Crippen LogP contribution is -2.03. The average molecular weight is 1780 g/mol. The number of benzene rings is 11. The number of hydrogen-bond donors (Lipinski definition) is 0. The van der Waals surface area contributed by atoms with Crippen LogP contribution in [0.25, 0.3) is 143 Å². The first-order valence-electron chi connectivity index (χ1n) is 49.0. The number of rotatable bonds is 54. The molecule has 0 N–H and O–H groups in total. The highest BCUT2D eigenvalue weighted by Gasteiger charge is 2.18. The topological polar surface area (TPSA) is 133 Å². The molecule has 0 spiro atoms. The van der Waals surface area contributed by atoms with Crippen LogP contribution in [-0.4, -0.2) is 61.0 Å². The molecule has 0 atom stereocenters. The lowest BCUT2D eigenvalue weighted by molar-refractivity contribution is 0.278. The van der Waals surface area contributed by atoms with Gasteiger partial charge < -0.3 is 37.3 Å². The Morgan fingerprint density at radius 1 is 0.201 bits per heavy atom. The third-order valence-corrected chi connectivity index (χ3v) is 24.1. The molecule has 0 radical (unpaired) electrons. The van der Waals surface area contributed by atoms with E-state index in [0.717, 1.165) is 186 Å². The largest absolute Gasteiger partial charge is 0.493 e. The molecule has 0 aliphatic heterocycles. The molecule has 0 aliphatic rings. The van der Waals surface area contributed by atoms with Crippen molar-refractivity contribution in [1.29, 1.82) is 0 Å². The van der Waals surface area contributed by atoms with Gasteiger partial charge in [0.25, 0.3) is 0 Å². The van der Waals surface area contributed by atoms with Crippen LogP contribution in [-0.2, 0) is 0 Å². The second-order valence-electron chi connectivity index (χ2n) is 34.8. The normalized spacial score (nSPS) is 11.9. The molecule has 0 aliphatic carbocycles. The number of aromatic nitrogens is 4. The van der Waals surface area contributed by atoms with Crippen LogP contribution in [0.2, 0.25) is 0 Å². The van der Waals surface area contributed by atoms with Gasteiger partial charge in [-0.2, -0.15) is 0 Å². The van der Waals surface area contributed by atoms with Gasteiger partial charge in [0.05, 0.1) is 40.6 Å². The van der Waals surface area contributed by atoms with E-state index in [1.165, 1.54) is 114 Å². The van der Waals surface area contributed by atoms with E-state index in [0.29, 0.717) is 61.5 Å². The van der Waals surface area contributed by atoms with Gasteiger partial charge in [0.2, 0.25) is 23.6 Å². The lowest BCUT2D eigenvalue weighted by atomic mass is 9.95. The van der Waals surface area contributed by atoms with Gasteiger partial charge in [0.15, 0.2) is 23.0 Å². The van der Waals surface area contributed by atoms with Gasteiger partial charge in [-0.05, 0) is 190 Å². The quantitative estimate of drug-likeness (QED) is 0.0265. The summed E-state index contributed by atoms with van der Waals surface area (Å²) in [4.78, 5) is 0. The maximum atomic E-state index is 6.58. The van der Waals surface area contributed by atoms with Crippen LogP contribution in [0, 0.1) is 13.8 Å². The molecule has 0 bridgehead atoms. The van der Waals surface area contributed by atoms with Gasteiger partial charge in [-0.1, -0.05) is 410 Å². The van der Waals surface area contributed by atoms with Gasteiger partial charge in [-0.15, -0.1) is 20.4 Å². The second kappa shape index (κ2) is 53.8. The zero-order chi connectivity index (χ0) is 92.9. The first kappa shape index (κ1) is 97.9. The van der Waals surface area contributed by atoms with Crippen molar-refractivity contribution in [3.8, 4) is 80.3 Å². The van der Waals surface area contributed by atoms with Crippen molar-refractivity contribution in [3.63, 3.8) is 0 Å². The minimum Gasteiger partial charge on any atom is -0.493 e. The third-order valence-electron chi connectivity index (χ3n) is 24.1. The molecule has 0 saturated carbocycles. The fourth-order valence-corrected chi connectivity index (χ4v) is 15.8. The van der Waals surface area contributed by atoms with Crippen molar-refractivity contribution in [2.24, 2.45) is 0 Å². The maximum Gasteiger partial charge on any atom is 0.248 e. The molecule has 134 heavy (non-hydrogen) atoms. The number of ether oxygens (including phenoxy) is 6. The van der Waals surface area contributed by atoms with Gasteiger partial charge in [-0.25, -0.2) is 0 Å². The molecular formula is C122H134N4O8. The molecule has 690 valence electrons. The Bertz CT molecular complexity index is 5620. The van der Waals surface area contributed by atoms with Crippen LogP contribution in [0.4, 0.5) is 0 Å². The molecule has 0 unspecified atom stereocenters. The van der Waals surface area contributed by atoms with Crippen molar-refractivity contribution < 1.29 is 37.3 Å². The highest BCUT2D eigenvalue weighted by molar-refractivity contribution is 5.88. The molecule has 2 heterocycles. The van der Waals surface area contributed by atoms with Crippen molar-refractivity contribution in [2.45, 2.75) is 196 Å². The summed E-state index contributed by atoms with van der Waals surface area (Å²) in [6.07, 6.45) is 63.4. The molecule has 12 nitrogen and oxygen atoms in total. The van der Waals surface area contributed by atoms with E-state index < -0.39 is 0 Å². The summed E-state index contributed by atoms with van der Waals surface area (Å²) in [5.41, 5.74) is 22.6. The fourth-order valence-electron chi connectivity index (χ4n) is 15.8. The Labute approximate surface area is 797 Å². The van der Waals surface area contributed by atoms with E-state index in [4.69, 9.17) is 37.3 Å². The van der Waals surface area contributed by atoms with Gasteiger partial charge >= 0.3 is 0 Å². The fraction of sp³-hybridized carbons (Fsp3) is 0.295. The predicted octanol–water partition coefficient (Wildman–Crippen LogP) is 34.1. The highest BCUT2D eigenvalue weighted by Crippen LogP contribution is 2.40. The molecule has 13 rings (SSSR count). The minimum absolute atomic E-state index is 0.481. The second-order valence-corrected chi connectivity index (χ2v) is 34.8. The summed E-state index contributed by atoms with van der Waals surface area (Å²) in [5, 5.41) is 17.4. The van der Waals surface area contributed by atoms with E-state index >= 15 is 0 Å². The molecule has 13 aromatic rings. The molecule has 11 aromatic carbocycles. The van der Waals surface area contributed by atoms with Crippen LogP contribution < -0.4 is 28.4 Å². The number of hydrogen-bond acceptors (Lipinski definition) is 12. The number of unbranched alkanes of at least 4 members (excludes halogenated alkanes) is 20. The predicted molar refractivity (Wildman–Crippen MR) is 565 cm³/mol. The van der Waals surface area contributed by atoms with Gasteiger partial charge in [-0.3, -0.25) is 0 Å². The number of aryl methyl sites for hydroxylation is 2. The van der Waals surface area contributed by atoms with E-state index in [1.54, 1.807) is 14.2 Å². The molecular weight excluding hydrogens is 1650 g/mol. The summed E-state index contributed by atoms with van der Waals surface area (Å²) in [7, 11) is 3.42. The third kappa shape index (κ3) is 31.3. The number of nitrogens with zero attached hydrogens (tertiary/aromatic N) is 4. The SMILES string of the molecule is CCCCCCCCOc1cc(OC)c(OCCCCCCCC)cc1/C=C\c1ccc(/C=C/c2cc(/C=C/c3ccc(/C=C/c4ccc(-c5nnc(-c6ccc(C)cc6)o5)cc4)cc3)c(/C=C/c3ccc(/C=C\c4ccc(-c5nnc(-c6ccc(C)cc6)o5)cc4)cc3)cc2/C=C/c2ccc(/C=C/c3cc(OCCCCCCCC)c(OC)cc3OCCCCCCCC)cc2)cc1. The van der Waals surface area contributed by atoms with Gasteiger partial charge in [0, 0.05) is 45.5 Å². The zero-order valence-electron chi connectivity index (χ0n) is 80.0. The summed E-state index contributed by atoms with van der Waals surface area (Å²) >= 11 is 0. The molecule has 0 fully saturated rings. The van der Waals surface area contributed by atoms with Crippen LogP contribution >= 0.6 is 0 Å². The molecule has 0 amide bonds. The van der Waals surface area contributed by atoms with E-state index in [9.17, 15) is 0 Å². The van der Waals surface area contributed by atoms with Crippen molar-refractivity contribution in [2.75, 3.05) is 40.6 Å².